The standard InChI is InChI=1S/C29H30N4O6S/c1-18(2)39-27-14-19(3)23(16-31-27)20-8-9-24-22(15-20)28(32-25-7-5-4-6-21(25)29(34)35)26(17-30-24)40(36,37)33-10-12-38-13-11-33/h4-9,14-18H,10-13H2,1-3H3,(H,30,32)(H,34,35). The molecule has 0 bridgehead atoms. The van der Waals surface area contributed by atoms with Gasteiger partial charge in [0, 0.05) is 42.5 Å². The first-order valence-electron chi connectivity index (χ1n) is 12.9. The minimum absolute atomic E-state index is 0.0131. The first kappa shape index (κ1) is 27.5. The lowest BCUT2D eigenvalue weighted by molar-refractivity contribution is 0.0698. The van der Waals surface area contributed by atoms with Gasteiger partial charge in [0.15, 0.2) is 0 Å². The maximum absolute atomic E-state index is 13.8. The van der Waals surface area contributed by atoms with E-state index in [1.807, 2.05) is 45.0 Å². The van der Waals surface area contributed by atoms with Gasteiger partial charge in [-0.3, -0.25) is 4.98 Å². The number of carbonyl (C=O) groups is 1. The monoisotopic (exact) mass is 562 g/mol. The molecule has 4 aromatic rings. The van der Waals surface area contributed by atoms with Crippen molar-refractivity contribution in [3.63, 3.8) is 0 Å². The summed E-state index contributed by atoms with van der Waals surface area (Å²) in [5, 5.41) is 13.4. The molecule has 3 heterocycles. The largest absolute Gasteiger partial charge is 0.478 e. The van der Waals surface area contributed by atoms with Gasteiger partial charge in [-0.15, -0.1) is 0 Å². The number of nitrogens with one attached hydrogen (secondary N) is 1. The van der Waals surface area contributed by atoms with Crippen molar-refractivity contribution in [1.82, 2.24) is 14.3 Å². The Kier molecular flexibility index (Phi) is 7.70. The van der Waals surface area contributed by atoms with E-state index >= 15 is 0 Å². The zero-order valence-corrected chi connectivity index (χ0v) is 23.2. The lowest BCUT2D eigenvalue weighted by Crippen LogP contribution is -2.40. The molecule has 0 atom stereocenters. The molecule has 2 N–H and O–H groups in total. The number of para-hydroxylation sites is 1. The highest BCUT2D eigenvalue weighted by Gasteiger charge is 2.30. The van der Waals surface area contributed by atoms with Crippen LogP contribution in [0.5, 0.6) is 5.88 Å². The minimum Gasteiger partial charge on any atom is -0.478 e. The van der Waals surface area contributed by atoms with Crippen LogP contribution in [-0.4, -0.2) is 66.2 Å². The molecule has 0 amide bonds. The number of hydrogen-bond acceptors (Lipinski definition) is 8. The van der Waals surface area contributed by atoms with Crippen molar-refractivity contribution in [2.75, 3.05) is 31.6 Å². The molecule has 208 valence electrons. The number of benzene rings is 2. The molecular formula is C29H30N4O6S. The van der Waals surface area contributed by atoms with Crippen LogP contribution < -0.4 is 10.1 Å². The maximum Gasteiger partial charge on any atom is 0.337 e. The van der Waals surface area contributed by atoms with Gasteiger partial charge in [0.25, 0.3) is 0 Å². The summed E-state index contributed by atoms with van der Waals surface area (Å²) in [6.07, 6.45) is 3.03. The Hall–Kier alpha value is -4.06. The van der Waals surface area contributed by atoms with Crippen LogP contribution in [0.25, 0.3) is 22.0 Å². The van der Waals surface area contributed by atoms with Crippen LogP contribution in [0, 0.1) is 6.92 Å². The summed E-state index contributed by atoms with van der Waals surface area (Å²) in [6, 6.07) is 13.8. The Morgan fingerprint density at radius 3 is 2.52 bits per heavy atom. The van der Waals surface area contributed by atoms with Crippen LogP contribution in [0.1, 0.15) is 29.8 Å². The second kappa shape index (κ2) is 11.2. The Labute approximate surface area is 232 Å². The molecule has 1 aliphatic heterocycles. The Bertz CT molecular complexity index is 1680. The van der Waals surface area contributed by atoms with E-state index in [0.29, 0.717) is 16.8 Å². The van der Waals surface area contributed by atoms with E-state index < -0.39 is 16.0 Å². The quantitative estimate of drug-likeness (QED) is 0.309. The molecular weight excluding hydrogens is 532 g/mol. The average Bonchev–Trinajstić information content (AvgIpc) is 2.93. The van der Waals surface area contributed by atoms with Gasteiger partial charge >= 0.3 is 5.97 Å². The van der Waals surface area contributed by atoms with E-state index in [1.165, 1.54) is 16.6 Å². The van der Waals surface area contributed by atoms with E-state index in [-0.39, 0.29) is 54.2 Å². The van der Waals surface area contributed by atoms with Gasteiger partial charge in [0.1, 0.15) is 4.90 Å². The molecule has 10 nitrogen and oxygen atoms in total. The number of aryl methyl sites for hydroxylation is 1. The van der Waals surface area contributed by atoms with Gasteiger partial charge in [0.2, 0.25) is 15.9 Å². The number of ether oxygens (including phenoxy) is 2. The molecule has 2 aromatic heterocycles. The number of sulfonamides is 1. The number of carboxylic acid groups (broad SMARTS) is 1. The van der Waals surface area contributed by atoms with Crippen molar-refractivity contribution < 1.29 is 27.8 Å². The van der Waals surface area contributed by atoms with Gasteiger partial charge in [-0.2, -0.15) is 4.31 Å². The zero-order chi connectivity index (χ0) is 28.4. The molecule has 0 saturated carbocycles. The molecule has 5 rings (SSSR count). The predicted octanol–water partition coefficient (Wildman–Crippen LogP) is 4.86. The summed E-state index contributed by atoms with van der Waals surface area (Å²) in [4.78, 5) is 20.8. The smallest absolute Gasteiger partial charge is 0.337 e. The maximum atomic E-state index is 13.8. The molecule has 1 fully saturated rings. The lowest BCUT2D eigenvalue weighted by Gasteiger charge is -2.27. The number of nitrogens with zero attached hydrogens (tertiary/aromatic N) is 3. The predicted molar refractivity (Wildman–Crippen MR) is 152 cm³/mol. The fourth-order valence-electron chi connectivity index (χ4n) is 4.64. The summed E-state index contributed by atoms with van der Waals surface area (Å²) in [7, 11) is -3.99. The lowest BCUT2D eigenvalue weighted by atomic mass is 10.0. The molecule has 0 spiro atoms. The van der Waals surface area contributed by atoms with E-state index in [0.717, 1.165) is 16.7 Å². The van der Waals surface area contributed by atoms with E-state index in [2.05, 4.69) is 15.3 Å². The zero-order valence-electron chi connectivity index (χ0n) is 22.4. The van der Waals surface area contributed by atoms with Gasteiger partial charge in [0.05, 0.1) is 41.8 Å². The summed E-state index contributed by atoms with van der Waals surface area (Å²) >= 11 is 0. The van der Waals surface area contributed by atoms with Crippen molar-refractivity contribution in [3.8, 4) is 17.0 Å². The van der Waals surface area contributed by atoms with Crippen LogP contribution in [0.15, 0.2) is 65.8 Å². The Morgan fingerprint density at radius 1 is 1.07 bits per heavy atom. The van der Waals surface area contributed by atoms with Crippen LogP contribution in [0.2, 0.25) is 0 Å². The van der Waals surface area contributed by atoms with E-state index in [9.17, 15) is 18.3 Å². The molecule has 0 aliphatic carbocycles. The second-order valence-corrected chi connectivity index (χ2v) is 11.6. The van der Waals surface area contributed by atoms with Crippen LogP contribution >= 0.6 is 0 Å². The SMILES string of the molecule is Cc1cc(OC(C)C)ncc1-c1ccc2ncc(S(=O)(=O)N3CCOCC3)c(Nc3ccccc3C(=O)O)c2c1. The normalized spacial score (nSPS) is 14.4. The van der Waals surface area contributed by atoms with Crippen molar-refractivity contribution in [2.45, 2.75) is 31.8 Å². The highest BCUT2D eigenvalue weighted by molar-refractivity contribution is 7.89. The van der Waals surface area contributed by atoms with Crippen molar-refractivity contribution in [1.29, 1.82) is 0 Å². The molecule has 40 heavy (non-hydrogen) atoms. The Morgan fingerprint density at radius 2 is 1.82 bits per heavy atom. The summed E-state index contributed by atoms with van der Waals surface area (Å²) in [6.45, 7) is 6.81. The van der Waals surface area contributed by atoms with Crippen LogP contribution in [-0.2, 0) is 14.8 Å². The molecule has 11 heteroatoms. The van der Waals surface area contributed by atoms with Crippen LogP contribution in [0.4, 0.5) is 11.4 Å². The van der Waals surface area contributed by atoms with Crippen LogP contribution in [0.3, 0.4) is 0 Å². The highest BCUT2D eigenvalue weighted by Crippen LogP contribution is 2.37. The van der Waals surface area contributed by atoms with Gasteiger partial charge < -0.3 is 19.9 Å². The average molecular weight is 563 g/mol. The molecule has 1 saturated heterocycles. The molecule has 0 radical (unpaired) electrons. The number of aromatic nitrogens is 2. The Balaban J connectivity index is 1.70. The minimum atomic E-state index is -3.99. The highest BCUT2D eigenvalue weighted by atomic mass is 32.2. The number of pyridine rings is 2. The third kappa shape index (κ3) is 5.48. The third-order valence-corrected chi connectivity index (χ3v) is 8.50. The summed E-state index contributed by atoms with van der Waals surface area (Å²) in [5.41, 5.74) is 3.64. The number of anilines is 2. The number of rotatable bonds is 8. The first-order chi connectivity index (χ1) is 19.1. The van der Waals surface area contributed by atoms with Gasteiger partial charge in [-0.1, -0.05) is 18.2 Å². The van der Waals surface area contributed by atoms with Crippen molar-refractivity contribution >= 4 is 38.3 Å². The van der Waals surface area contributed by atoms with Crippen molar-refractivity contribution in [2.24, 2.45) is 0 Å². The summed E-state index contributed by atoms with van der Waals surface area (Å²) < 4.78 is 40.1. The molecule has 0 unspecified atom stereocenters. The molecule has 1 aliphatic rings. The number of carboxylic acids is 1. The first-order valence-corrected chi connectivity index (χ1v) is 14.3. The van der Waals surface area contributed by atoms with E-state index in [1.54, 1.807) is 24.4 Å². The van der Waals surface area contributed by atoms with Gasteiger partial charge in [-0.05, 0) is 56.2 Å². The fourth-order valence-corrected chi connectivity index (χ4v) is 6.16. The summed E-state index contributed by atoms with van der Waals surface area (Å²) in [5.74, 6) is -0.615. The number of fused-ring (bicyclic) bond motifs is 1. The topological polar surface area (TPSA) is 131 Å². The number of morpholine rings is 1. The third-order valence-electron chi connectivity index (χ3n) is 6.59. The van der Waals surface area contributed by atoms with E-state index in [4.69, 9.17) is 9.47 Å². The van der Waals surface area contributed by atoms with Gasteiger partial charge in [-0.25, -0.2) is 18.2 Å². The number of aromatic carboxylic acids is 1. The van der Waals surface area contributed by atoms with Crippen molar-refractivity contribution in [3.05, 3.63) is 72.1 Å². The fraction of sp³-hybridized carbons (Fsp3) is 0.276. The second-order valence-electron chi connectivity index (χ2n) is 9.73. The molecule has 2 aromatic carbocycles. The number of hydrogen-bond donors (Lipinski definition) is 2.